The maximum atomic E-state index is 3.77. The van der Waals surface area contributed by atoms with Crippen LogP contribution in [0.4, 0.5) is 0 Å². The minimum atomic E-state index is 0.543. The predicted molar refractivity (Wildman–Crippen MR) is 92.7 cm³/mol. The van der Waals surface area contributed by atoms with Crippen molar-refractivity contribution in [2.75, 3.05) is 26.2 Å². The lowest BCUT2D eigenvalue weighted by Crippen LogP contribution is -2.48. The highest BCUT2D eigenvalue weighted by molar-refractivity contribution is 4.90. The fourth-order valence-corrected chi connectivity index (χ4v) is 4.49. The van der Waals surface area contributed by atoms with Gasteiger partial charge in [-0.25, -0.2) is 0 Å². The first kappa shape index (κ1) is 17.3. The molecule has 1 saturated carbocycles. The molecule has 0 amide bonds. The summed E-state index contributed by atoms with van der Waals surface area (Å²) in [7, 11) is 0. The summed E-state index contributed by atoms with van der Waals surface area (Å²) in [6.45, 7) is 12.3. The molecule has 2 fully saturated rings. The molecule has 2 unspecified atom stereocenters. The molecule has 0 bridgehead atoms. The second-order valence-electron chi connectivity index (χ2n) is 8.28. The second-order valence-corrected chi connectivity index (χ2v) is 8.28. The monoisotopic (exact) mass is 294 g/mol. The average molecular weight is 295 g/mol. The van der Waals surface area contributed by atoms with E-state index in [0.29, 0.717) is 11.5 Å². The Labute approximate surface area is 133 Å². The third-order valence-electron chi connectivity index (χ3n) is 5.58. The first-order valence-corrected chi connectivity index (χ1v) is 9.55. The molecule has 0 aromatic heterocycles. The van der Waals surface area contributed by atoms with E-state index in [1.54, 1.807) is 0 Å². The number of likely N-dealkylation sites (tertiary alicyclic amines) is 1. The van der Waals surface area contributed by atoms with Gasteiger partial charge in [0.2, 0.25) is 0 Å². The highest BCUT2D eigenvalue weighted by Gasteiger charge is 2.36. The molecule has 1 N–H and O–H groups in total. The lowest BCUT2D eigenvalue weighted by molar-refractivity contribution is 0.0739. The lowest BCUT2D eigenvalue weighted by Gasteiger charge is -2.44. The van der Waals surface area contributed by atoms with E-state index in [1.165, 1.54) is 84.0 Å². The molecule has 0 aromatic carbocycles. The van der Waals surface area contributed by atoms with Crippen molar-refractivity contribution in [3.8, 4) is 0 Å². The van der Waals surface area contributed by atoms with Crippen LogP contribution < -0.4 is 5.32 Å². The van der Waals surface area contributed by atoms with E-state index < -0.39 is 0 Å². The van der Waals surface area contributed by atoms with Crippen molar-refractivity contribution in [1.82, 2.24) is 10.2 Å². The van der Waals surface area contributed by atoms with Gasteiger partial charge in [-0.05, 0) is 50.1 Å². The fourth-order valence-electron chi connectivity index (χ4n) is 4.49. The van der Waals surface area contributed by atoms with Crippen LogP contribution in [-0.4, -0.2) is 37.1 Å². The third kappa shape index (κ3) is 5.90. The Morgan fingerprint density at radius 2 is 1.71 bits per heavy atom. The molecule has 1 aliphatic heterocycles. The van der Waals surface area contributed by atoms with E-state index in [-0.39, 0.29) is 0 Å². The molecule has 2 rings (SSSR count). The zero-order valence-corrected chi connectivity index (χ0v) is 14.8. The normalized spacial score (nSPS) is 32.9. The standard InChI is InChI=1S/C19H38N2/c1-17(2)20-15-19(11-9-10-18(3)14-19)16-21-12-7-5-4-6-8-13-21/h17-18,20H,4-16H2,1-3H3. The molecular weight excluding hydrogens is 256 g/mol. The first-order chi connectivity index (χ1) is 10.1. The largest absolute Gasteiger partial charge is 0.314 e. The van der Waals surface area contributed by atoms with Crippen molar-refractivity contribution in [2.45, 2.75) is 84.6 Å². The number of hydrogen-bond donors (Lipinski definition) is 1. The Bertz CT molecular complexity index is 281. The lowest BCUT2D eigenvalue weighted by atomic mass is 9.69. The molecule has 2 atom stereocenters. The van der Waals surface area contributed by atoms with E-state index >= 15 is 0 Å². The summed E-state index contributed by atoms with van der Waals surface area (Å²) < 4.78 is 0. The van der Waals surface area contributed by atoms with Crippen LogP contribution in [0.1, 0.15) is 78.6 Å². The van der Waals surface area contributed by atoms with Gasteiger partial charge in [-0.15, -0.1) is 0 Å². The van der Waals surface area contributed by atoms with Crippen molar-refractivity contribution in [3.05, 3.63) is 0 Å². The highest BCUT2D eigenvalue weighted by Crippen LogP contribution is 2.40. The molecule has 2 aliphatic rings. The molecule has 124 valence electrons. The van der Waals surface area contributed by atoms with Gasteiger partial charge in [-0.2, -0.15) is 0 Å². The van der Waals surface area contributed by atoms with Crippen LogP contribution in [-0.2, 0) is 0 Å². The van der Waals surface area contributed by atoms with Crippen LogP contribution in [0.3, 0.4) is 0 Å². The maximum Gasteiger partial charge on any atom is 0.00502 e. The Kier molecular flexibility index (Phi) is 7.01. The number of hydrogen-bond acceptors (Lipinski definition) is 2. The summed E-state index contributed by atoms with van der Waals surface area (Å²) in [5, 5.41) is 3.77. The molecule has 1 aliphatic carbocycles. The predicted octanol–water partition coefficient (Wildman–Crippen LogP) is 4.45. The minimum Gasteiger partial charge on any atom is -0.314 e. The van der Waals surface area contributed by atoms with Crippen LogP contribution in [0.15, 0.2) is 0 Å². The van der Waals surface area contributed by atoms with Gasteiger partial charge >= 0.3 is 0 Å². The Morgan fingerprint density at radius 3 is 2.33 bits per heavy atom. The summed E-state index contributed by atoms with van der Waals surface area (Å²) >= 11 is 0. The molecular formula is C19H38N2. The van der Waals surface area contributed by atoms with Crippen LogP contribution in [0.2, 0.25) is 0 Å². The molecule has 1 saturated heterocycles. The van der Waals surface area contributed by atoms with Crippen molar-refractivity contribution in [3.63, 3.8) is 0 Å². The van der Waals surface area contributed by atoms with Crippen LogP contribution in [0.25, 0.3) is 0 Å². The number of nitrogens with zero attached hydrogens (tertiary/aromatic N) is 1. The second kappa shape index (κ2) is 8.53. The Balaban J connectivity index is 1.96. The van der Waals surface area contributed by atoms with Gasteiger partial charge in [0.05, 0.1) is 0 Å². The van der Waals surface area contributed by atoms with E-state index in [1.807, 2.05) is 0 Å². The number of nitrogens with one attached hydrogen (secondary N) is 1. The molecule has 0 aromatic rings. The van der Waals surface area contributed by atoms with Crippen molar-refractivity contribution in [1.29, 1.82) is 0 Å². The van der Waals surface area contributed by atoms with Gasteiger partial charge in [0.25, 0.3) is 0 Å². The van der Waals surface area contributed by atoms with Crippen LogP contribution >= 0.6 is 0 Å². The Morgan fingerprint density at radius 1 is 1.05 bits per heavy atom. The zero-order valence-electron chi connectivity index (χ0n) is 14.8. The molecule has 0 spiro atoms. The summed E-state index contributed by atoms with van der Waals surface area (Å²) in [4.78, 5) is 2.80. The summed E-state index contributed by atoms with van der Waals surface area (Å²) in [5.41, 5.74) is 0.543. The quantitative estimate of drug-likeness (QED) is 0.806. The fraction of sp³-hybridized carbons (Fsp3) is 1.00. The van der Waals surface area contributed by atoms with Gasteiger partial charge in [0.15, 0.2) is 0 Å². The minimum absolute atomic E-state index is 0.543. The van der Waals surface area contributed by atoms with Gasteiger partial charge < -0.3 is 10.2 Å². The molecule has 2 heteroatoms. The van der Waals surface area contributed by atoms with Gasteiger partial charge in [-0.3, -0.25) is 0 Å². The van der Waals surface area contributed by atoms with E-state index in [0.717, 1.165) is 5.92 Å². The van der Waals surface area contributed by atoms with Crippen LogP contribution in [0.5, 0.6) is 0 Å². The van der Waals surface area contributed by atoms with E-state index in [9.17, 15) is 0 Å². The number of rotatable bonds is 5. The SMILES string of the molecule is CC1CCCC(CNC(C)C)(CN2CCCCCCC2)C1. The van der Waals surface area contributed by atoms with Crippen molar-refractivity contribution >= 4 is 0 Å². The first-order valence-electron chi connectivity index (χ1n) is 9.55. The van der Waals surface area contributed by atoms with E-state index in [2.05, 4.69) is 31.0 Å². The van der Waals surface area contributed by atoms with Crippen molar-refractivity contribution in [2.24, 2.45) is 11.3 Å². The highest BCUT2D eigenvalue weighted by atomic mass is 15.1. The average Bonchev–Trinajstić information content (AvgIpc) is 2.40. The smallest absolute Gasteiger partial charge is 0.00502 e. The molecule has 0 radical (unpaired) electrons. The van der Waals surface area contributed by atoms with Gasteiger partial charge in [-0.1, -0.05) is 52.9 Å². The van der Waals surface area contributed by atoms with Crippen molar-refractivity contribution < 1.29 is 0 Å². The third-order valence-corrected chi connectivity index (χ3v) is 5.58. The molecule has 2 nitrogen and oxygen atoms in total. The topological polar surface area (TPSA) is 15.3 Å². The molecule has 21 heavy (non-hydrogen) atoms. The maximum absolute atomic E-state index is 3.77. The van der Waals surface area contributed by atoms with Gasteiger partial charge in [0.1, 0.15) is 0 Å². The Hall–Kier alpha value is -0.0800. The van der Waals surface area contributed by atoms with E-state index in [4.69, 9.17) is 0 Å². The zero-order chi connectivity index (χ0) is 15.1. The molecule has 1 heterocycles. The van der Waals surface area contributed by atoms with Gasteiger partial charge in [0, 0.05) is 19.1 Å². The summed E-state index contributed by atoms with van der Waals surface area (Å²) in [5.74, 6) is 0.919. The summed E-state index contributed by atoms with van der Waals surface area (Å²) in [6.07, 6.45) is 13.0. The summed E-state index contributed by atoms with van der Waals surface area (Å²) in [6, 6.07) is 0.617. The van der Waals surface area contributed by atoms with Crippen LogP contribution in [0, 0.1) is 11.3 Å².